The maximum absolute atomic E-state index is 12.4. The lowest BCUT2D eigenvalue weighted by molar-refractivity contribution is -0.110. The molecule has 6 nitrogen and oxygen atoms in total. The van der Waals surface area contributed by atoms with E-state index in [-0.39, 0.29) is 5.91 Å². The van der Waals surface area contributed by atoms with Gasteiger partial charge in [0.15, 0.2) is 0 Å². The van der Waals surface area contributed by atoms with Crippen LogP contribution in [0.5, 0.6) is 11.5 Å². The van der Waals surface area contributed by atoms with Crippen LogP contribution in [0.1, 0.15) is 5.56 Å². The van der Waals surface area contributed by atoms with E-state index in [1.54, 1.807) is 32.0 Å². The topological polar surface area (TPSA) is 72.5 Å². The van der Waals surface area contributed by atoms with Crippen LogP contribution in [0.25, 0.3) is 15.8 Å². The number of fused-ring (bicyclic) bond motifs is 3. The van der Waals surface area contributed by atoms with E-state index in [0.29, 0.717) is 17.1 Å². The molecule has 1 amide bonds. The van der Waals surface area contributed by atoms with Gasteiger partial charge in [-0.2, -0.15) is 0 Å². The summed E-state index contributed by atoms with van der Waals surface area (Å²) in [6.45, 7) is 0. The Balaban J connectivity index is 1.74. The van der Waals surface area contributed by atoms with Crippen LogP contribution in [0.2, 0.25) is 0 Å². The minimum absolute atomic E-state index is 0.140. The highest BCUT2D eigenvalue weighted by Crippen LogP contribution is 2.39. The van der Waals surface area contributed by atoms with Crippen LogP contribution in [0.15, 0.2) is 42.0 Å². The molecule has 0 unspecified atom stereocenters. The Morgan fingerprint density at radius 3 is 2.64 bits per heavy atom. The largest absolute Gasteiger partial charge is 0.497 e. The fourth-order valence-electron chi connectivity index (χ4n) is 2.79. The van der Waals surface area contributed by atoms with E-state index < -0.39 is 0 Å². The van der Waals surface area contributed by atoms with Gasteiger partial charge in [-0.25, -0.2) is 4.98 Å². The van der Waals surface area contributed by atoms with E-state index in [1.807, 2.05) is 24.3 Å². The lowest BCUT2D eigenvalue weighted by atomic mass is 10.1. The summed E-state index contributed by atoms with van der Waals surface area (Å²) in [6, 6.07) is 9.25. The van der Waals surface area contributed by atoms with Crippen molar-refractivity contribution in [3.05, 3.63) is 47.6 Å². The molecular formula is C18H15N3O3S. The number of rotatable bonds is 4. The number of nitrogens with zero attached hydrogens (tertiary/aromatic N) is 1. The Morgan fingerprint density at radius 2 is 1.92 bits per heavy atom. The van der Waals surface area contributed by atoms with Crippen molar-refractivity contribution in [3.8, 4) is 11.5 Å². The standard InChI is InChI=1S/C18H15N3O3S/c1-23-11-5-10(6-12(7-11)24-2)19-8-13-16-14(21-18(13)22)3-4-15-17(16)25-9-20-15/h3-9,19H,1-2H3,(H,21,22)/b13-8+. The Morgan fingerprint density at radius 1 is 1.16 bits per heavy atom. The second-order valence-corrected chi connectivity index (χ2v) is 6.30. The molecule has 4 rings (SSSR count). The molecule has 0 bridgehead atoms. The maximum atomic E-state index is 12.4. The zero-order chi connectivity index (χ0) is 17.4. The number of hydrogen-bond acceptors (Lipinski definition) is 6. The second-order valence-electron chi connectivity index (χ2n) is 5.45. The number of carbonyl (C=O) groups excluding carboxylic acids is 1. The Hall–Kier alpha value is -3.06. The molecule has 1 aromatic heterocycles. The highest BCUT2D eigenvalue weighted by Gasteiger charge is 2.27. The number of anilines is 2. The number of benzene rings is 2. The molecule has 0 radical (unpaired) electrons. The number of thiazole rings is 1. The van der Waals surface area contributed by atoms with Crippen LogP contribution in [-0.2, 0) is 4.79 Å². The fourth-order valence-corrected chi connectivity index (χ4v) is 3.64. The number of carbonyl (C=O) groups is 1. The second kappa shape index (κ2) is 6.10. The SMILES string of the molecule is COc1cc(N/C=C2/C(=O)Nc3ccc4ncsc4c32)cc(OC)c1. The first-order valence-corrected chi connectivity index (χ1v) is 8.45. The first-order valence-electron chi connectivity index (χ1n) is 7.57. The van der Waals surface area contributed by atoms with Gasteiger partial charge in [-0.05, 0) is 12.1 Å². The van der Waals surface area contributed by atoms with Gasteiger partial charge in [0.1, 0.15) is 11.5 Å². The van der Waals surface area contributed by atoms with Crippen molar-refractivity contribution >= 4 is 44.4 Å². The Bertz CT molecular complexity index is 988. The maximum Gasteiger partial charge on any atom is 0.257 e. The molecule has 0 fully saturated rings. The third kappa shape index (κ3) is 2.68. The average molecular weight is 353 g/mol. The lowest BCUT2D eigenvalue weighted by Crippen LogP contribution is -2.05. The molecule has 0 saturated heterocycles. The molecule has 2 aromatic carbocycles. The van der Waals surface area contributed by atoms with Gasteiger partial charge in [0.25, 0.3) is 5.91 Å². The summed E-state index contributed by atoms with van der Waals surface area (Å²) in [5.74, 6) is 1.20. The number of nitrogens with one attached hydrogen (secondary N) is 2. The molecule has 0 saturated carbocycles. The van der Waals surface area contributed by atoms with Gasteiger partial charge in [0.2, 0.25) is 0 Å². The highest BCUT2D eigenvalue weighted by atomic mass is 32.1. The summed E-state index contributed by atoms with van der Waals surface area (Å²) in [6.07, 6.45) is 1.70. The van der Waals surface area contributed by atoms with E-state index in [2.05, 4.69) is 15.6 Å². The first-order chi connectivity index (χ1) is 12.2. The molecule has 0 aliphatic carbocycles. The van der Waals surface area contributed by atoms with E-state index in [4.69, 9.17) is 9.47 Å². The first kappa shape index (κ1) is 15.5. The molecule has 1 aliphatic rings. The van der Waals surface area contributed by atoms with Crippen molar-refractivity contribution < 1.29 is 14.3 Å². The molecule has 2 heterocycles. The van der Waals surface area contributed by atoms with E-state index in [0.717, 1.165) is 27.2 Å². The van der Waals surface area contributed by atoms with E-state index in [1.165, 1.54) is 11.3 Å². The van der Waals surface area contributed by atoms with Crippen LogP contribution in [0.4, 0.5) is 11.4 Å². The minimum Gasteiger partial charge on any atom is -0.497 e. The zero-order valence-corrected chi connectivity index (χ0v) is 14.4. The minimum atomic E-state index is -0.140. The Labute approximate surface area is 148 Å². The summed E-state index contributed by atoms with van der Waals surface area (Å²) >= 11 is 1.52. The Kier molecular flexibility index (Phi) is 3.77. The van der Waals surface area contributed by atoms with Crippen molar-refractivity contribution in [2.45, 2.75) is 0 Å². The molecule has 126 valence electrons. The number of ether oxygens (including phenoxy) is 2. The number of amides is 1. The zero-order valence-electron chi connectivity index (χ0n) is 13.6. The molecular weight excluding hydrogens is 338 g/mol. The number of aromatic nitrogens is 1. The fraction of sp³-hybridized carbons (Fsp3) is 0.111. The monoisotopic (exact) mass is 353 g/mol. The van der Waals surface area contributed by atoms with E-state index in [9.17, 15) is 4.79 Å². The number of hydrogen-bond donors (Lipinski definition) is 2. The van der Waals surface area contributed by atoms with Crippen LogP contribution < -0.4 is 20.1 Å². The van der Waals surface area contributed by atoms with Crippen LogP contribution >= 0.6 is 11.3 Å². The summed E-state index contributed by atoms with van der Waals surface area (Å²) < 4.78 is 11.5. The van der Waals surface area contributed by atoms with Gasteiger partial charge in [0.05, 0.1) is 41.2 Å². The normalized spacial score (nSPS) is 14.5. The van der Waals surface area contributed by atoms with Crippen LogP contribution in [0, 0.1) is 0 Å². The van der Waals surface area contributed by atoms with Gasteiger partial charge in [-0.15, -0.1) is 11.3 Å². The molecule has 0 spiro atoms. The third-order valence-electron chi connectivity index (χ3n) is 4.00. The summed E-state index contributed by atoms with van der Waals surface area (Å²) in [5, 5.41) is 6.06. The molecule has 1 aliphatic heterocycles. The van der Waals surface area contributed by atoms with Gasteiger partial charge in [-0.1, -0.05) is 0 Å². The smallest absolute Gasteiger partial charge is 0.257 e. The van der Waals surface area contributed by atoms with Gasteiger partial charge in [0, 0.05) is 35.6 Å². The summed E-state index contributed by atoms with van der Waals surface area (Å²) in [7, 11) is 3.19. The molecule has 3 aromatic rings. The van der Waals surface area contributed by atoms with Crippen LogP contribution in [0.3, 0.4) is 0 Å². The number of methoxy groups -OCH3 is 2. The molecule has 25 heavy (non-hydrogen) atoms. The summed E-state index contributed by atoms with van der Waals surface area (Å²) in [5.41, 5.74) is 5.69. The predicted octanol–water partition coefficient (Wildman–Crippen LogP) is 3.72. The van der Waals surface area contributed by atoms with Crippen molar-refractivity contribution in [2.24, 2.45) is 0 Å². The van der Waals surface area contributed by atoms with Crippen molar-refractivity contribution in [3.63, 3.8) is 0 Å². The highest BCUT2D eigenvalue weighted by molar-refractivity contribution is 7.17. The quantitative estimate of drug-likeness (QED) is 0.700. The lowest BCUT2D eigenvalue weighted by Gasteiger charge is -2.09. The molecule has 7 heteroatoms. The molecule has 2 N–H and O–H groups in total. The van der Waals surface area contributed by atoms with Crippen molar-refractivity contribution in [2.75, 3.05) is 24.9 Å². The van der Waals surface area contributed by atoms with Crippen molar-refractivity contribution in [1.82, 2.24) is 4.98 Å². The van der Waals surface area contributed by atoms with Gasteiger partial charge < -0.3 is 20.1 Å². The average Bonchev–Trinajstić information content (AvgIpc) is 3.22. The van der Waals surface area contributed by atoms with Crippen molar-refractivity contribution in [1.29, 1.82) is 0 Å². The predicted molar refractivity (Wildman–Crippen MR) is 99.4 cm³/mol. The van der Waals surface area contributed by atoms with Gasteiger partial charge in [-0.3, -0.25) is 4.79 Å². The summed E-state index contributed by atoms with van der Waals surface area (Å²) in [4.78, 5) is 16.7. The van der Waals surface area contributed by atoms with E-state index >= 15 is 0 Å². The van der Waals surface area contributed by atoms with Gasteiger partial charge >= 0.3 is 0 Å². The third-order valence-corrected chi connectivity index (χ3v) is 4.86. The van der Waals surface area contributed by atoms with Crippen LogP contribution in [-0.4, -0.2) is 25.1 Å². The molecule has 0 atom stereocenters.